The van der Waals surface area contributed by atoms with Gasteiger partial charge in [-0.15, -0.1) is 0 Å². The van der Waals surface area contributed by atoms with Crippen molar-refractivity contribution in [1.29, 1.82) is 0 Å². The largest absolute Gasteiger partial charge is 0.371 e. The number of hydrogen-bond acceptors (Lipinski definition) is 11. The Kier molecular flexibility index (Phi) is 17.7. The van der Waals surface area contributed by atoms with Crippen LogP contribution in [0.15, 0.2) is 48.6 Å². The molecule has 43 heavy (non-hydrogen) atoms. The first kappa shape index (κ1) is 37.1. The summed E-state index contributed by atoms with van der Waals surface area (Å²) in [7, 11) is 0. The van der Waals surface area contributed by atoms with Crippen molar-refractivity contribution in [1.82, 2.24) is 0 Å². The van der Waals surface area contributed by atoms with Crippen molar-refractivity contribution in [3.05, 3.63) is 48.6 Å². The van der Waals surface area contributed by atoms with Gasteiger partial charge >= 0.3 is 0 Å². The molecule has 1 atom stereocenters. The predicted octanol–water partition coefficient (Wildman–Crippen LogP) is 7.81. The fourth-order valence-corrected chi connectivity index (χ4v) is 12.7. The zero-order chi connectivity index (χ0) is 30.3. The fraction of sp³-hybridized carbons (Fsp3) is 0.750. The van der Waals surface area contributed by atoms with Crippen LogP contribution in [0.25, 0.3) is 0 Å². The van der Waals surface area contributed by atoms with Crippen LogP contribution in [0.1, 0.15) is 19.3 Å². The molecule has 0 aromatic carbocycles. The molecule has 4 saturated heterocycles. The summed E-state index contributed by atoms with van der Waals surface area (Å²) in [5, 5.41) is 0. The van der Waals surface area contributed by atoms with Crippen molar-refractivity contribution in [2.45, 2.75) is 49.5 Å². The van der Waals surface area contributed by atoms with E-state index >= 15 is 0 Å². The van der Waals surface area contributed by atoms with Gasteiger partial charge in [0, 0.05) is 80.5 Å². The summed E-state index contributed by atoms with van der Waals surface area (Å²) in [5.74, 6) is 12.7. The van der Waals surface area contributed by atoms with Crippen LogP contribution in [0.3, 0.4) is 0 Å². The summed E-state index contributed by atoms with van der Waals surface area (Å²) in [5.41, 5.74) is 5.27. The first-order chi connectivity index (χ1) is 20.9. The van der Waals surface area contributed by atoms with Gasteiger partial charge in [-0.2, -0.15) is 82.3 Å². The van der Waals surface area contributed by atoms with E-state index in [0.29, 0.717) is 13.2 Å². The highest BCUT2D eigenvalue weighted by atomic mass is 32.2. The lowest BCUT2D eigenvalue weighted by molar-refractivity contribution is -0.312. The zero-order valence-electron chi connectivity index (χ0n) is 25.6. The average Bonchev–Trinajstić information content (AvgIpc) is 2.93. The highest BCUT2D eigenvalue weighted by Gasteiger charge is 2.41. The van der Waals surface area contributed by atoms with Crippen LogP contribution in [0.4, 0.5) is 0 Å². The van der Waals surface area contributed by atoms with Crippen LogP contribution >= 0.6 is 82.3 Å². The molecule has 4 heterocycles. The molecule has 1 unspecified atom stereocenters. The maximum atomic E-state index is 7.16. The summed E-state index contributed by atoms with van der Waals surface area (Å²) < 4.78 is 27.9. The lowest BCUT2D eigenvalue weighted by Crippen LogP contribution is -2.53. The van der Waals surface area contributed by atoms with Crippen molar-refractivity contribution in [3.63, 3.8) is 0 Å². The molecule has 0 bridgehead atoms. The molecule has 0 amide bonds. The standard InChI is InChI=1S/C32H50O4S7/c1-24-6-5-7-28(15-37-8-24)35-32(36-31-20-42-13-27(4)14-43-21-31,22-33-29-16-38-9-25(2)10-39-17-29)23-34-30-18-40-11-26(3)12-41-19-30/h28-31H,1-23H2. The van der Waals surface area contributed by atoms with E-state index < -0.39 is 5.79 Å². The summed E-state index contributed by atoms with van der Waals surface area (Å²) >= 11 is 13.5. The van der Waals surface area contributed by atoms with Gasteiger partial charge in [-0.25, -0.2) is 0 Å². The highest BCUT2D eigenvalue weighted by Crippen LogP contribution is 2.32. The van der Waals surface area contributed by atoms with Gasteiger partial charge < -0.3 is 18.9 Å². The minimum Gasteiger partial charge on any atom is -0.371 e. The van der Waals surface area contributed by atoms with E-state index in [0.717, 1.165) is 99.8 Å². The number of ether oxygens (including phenoxy) is 4. The molecule has 0 aromatic heterocycles. The molecule has 4 rings (SSSR count). The van der Waals surface area contributed by atoms with Gasteiger partial charge in [-0.05, 0) is 19.3 Å². The quantitative estimate of drug-likeness (QED) is 0.164. The molecule has 0 aliphatic carbocycles. The van der Waals surface area contributed by atoms with Gasteiger partial charge in [-0.3, -0.25) is 0 Å². The highest BCUT2D eigenvalue weighted by molar-refractivity contribution is 8.02. The van der Waals surface area contributed by atoms with Crippen LogP contribution < -0.4 is 0 Å². The monoisotopic (exact) mass is 722 g/mol. The molecule has 4 nitrogen and oxygen atoms in total. The average molecular weight is 723 g/mol. The molecule has 4 aliphatic rings. The maximum absolute atomic E-state index is 7.16. The number of rotatable bonds is 10. The van der Waals surface area contributed by atoms with Gasteiger partial charge in [0.2, 0.25) is 5.79 Å². The molecule has 0 spiro atoms. The van der Waals surface area contributed by atoms with E-state index in [4.69, 9.17) is 18.9 Å². The Balaban J connectivity index is 1.52. The van der Waals surface area contributed by atoms with E-state index in [1.54, 1.807) is 0 Å². The van der Waals surface area contributed by atoms with Crippen molar-refractivity contribution in [2.24, 2.45) is 0 Å². The number of thioether (sulfide) groups is 7. The van der Waals surface area contributed by atoms with Crippen LogP contribution in [0, 0.1) is 0 Å². The summed E-state index contributed by atoms with van der Waals surface area (Å²) in [6.07, 6.45) is 3.60. The number of hydrogen-bond donors (Lipinski definition) is 0. The molecular formula is C32H50O4S7. The van der Waals surface area contributed by atoms with Gasteiger partial charge in [0.05, 0.1) is 24.4 Å². The first-order valence-corrected chi connectivity index (χ1v) is 23.3. The third kappa shape index (κ3) is 14.5. The Morgan fingerprint density at radius 2 is 0.837 bits per heavy atom. The molecule has 244 valence electrons. The Morgan fingerprint density at radius 1 is 0.488 bits per heavy atom. The molecule has 0 aromatic rings. The smallest absolute Gasteiger partial charge is 0.216 e. The van der Waals surface area contributed by atoms with Crippen LogP contribution in [-0.4, -0.2) is 124 Å². The maximum Gasteiger partial charge on any atom is 0.216 e. The van der Waals surface area contributed by atoms with E-state index in [-0.39, 0.29) is 24.4 Å². The van der Waals surface area contributed by atoms with Gasteiger partial charge in [-0.1, -0.05) is 48.6 Å². The summed E-state index contributed by atoms with van der Waals surface area (Å²) in [4.78, 5) is 0. The van der Waals surface area contributed by atoms with E-state index in [2.05, 4.69) is 26.3 Å². The second-order valence-electron chi connectivity index (χ2n) is 11.8. The van der Waals surface area contributed by atoms with Gasteiger partial charge in [0.1, 0.15) is 13.2 Å². The zero-order valence-corrected chi connectivity index (χ0v) is 31.3. The summed E-state index contributed by atoms with van der Waals surface area (Å²) in [6.45, 7) is 17.7. The topological polar surface area (TPSA) is 36.9 Å². The summed E-state index contributed by atoms with van der Waals surface area (Å²) in [6, 6.07) is 0. The van der Waals surface area contributed by atoms with E-state index in [1.807, 2.05) is 82.3 Å². The van der Waals surface area contributed by atoms with Gasteiger partial charge in [0.15, 0.2) is 0 Å². The Bertz CT molecular complexity index is 796. The third-order valence-corrected chi connectivity index (χ3v) is 15.7. The second kappa shape index (κ2) is 20.6. The van der Waals surface area contributed by atoms with Crippen molar-refractivity contribution < 1.29 is 18.9 Å². The molecule has 11 heteroatoms. The van der Waals surface area contributed by atoms with Crippen molar-refractivity contribution in [3.8, 4) is 0 Å². The van der Waals surface area contributed by atoms with Crippen molar-refractivity contribution >= 4 is 82.3 Å². The molecule has 0 N–H and O–H groups in total. The third-order valence-electron chi connectivity index (χ3n) is 7.17. The molecule has 0 saturated carbocycles. The predicted molar refractivity (Wildman–Crippen MR) is 204 cm³/mol. The van der Waals surface area contributed by atoms with E-state index in [1.165, 1.54) is 22.3 Å². The van der Waals surface area contributed by atoms with E-state index in [9.17, 15) is 0 Å². The van der Waals surface area contributed by atoms with Crippen LogP contribution in [0.2, 0.25) is 0 Å². The molecule has 4 aliphatic heterocycles. The van der Waals surface area contributed by atoms with Gasteiger partial charge in [0.25, 0.3) is 0 Å². The minimum absolute atomic E-state index is 0.0603. The SMILES string of the molecule is C=C1CCCC(OC(COC2CSCC(=C)CSC2)(COC2CSCC(=C)CSC2)OC2CSCC(=C)CSC2)CSC1. The normalized spacial score (nSPS) is 26.0. The Labute approximate surface area is 291 Å². The lowest BCUT2D eigenvalue weighted by atomic mass is 10.1. The van der Waals surface area contributed by atoms with Crippen molar-refractivity contribution in [2.75, 3.05) is 93.8 Å². The lowest BCUT2D eigenvalue weighted by Gasteiger charge is -2.41. The van der Waals surface area contributed by atoms with Crippen LogP contribution in [-0.2, 0) is 18.9 Å². The first-order valence-electron chi connectivity index (χ1n) is 15.2. The Hall–Kier alpha value is 1.25. The van der Waals surface area contributed by atoms with Crippen LogP contribution in [0.5, 0.6) is 0 Å². The Morgan fingerprint density at radius 3 is 1.28 bits per heavy atom. The minimum atomic E-state index is -0.952. The fourth-order valence-electron chi connectivity index (χ4n) is 5.00. The molecular weight excluding hydrogens is 673 g/mol. The second-order valence-corrected chi connectivity index (χ2v) is 19.0. The molecule has 0 radical (unpaired) electrons. The molecule has 4 fully saturated rings.